The molecule has 1 nitrogen and oxygen atoms in total. The molecule has 0 aromatic heterocycles. The Labute approximate surface area is 304 Å². The fourth-order valence-electron chi connectivity index (χ4n) is 9.64. The lowest BCUT2D eigenvalue weighted by molar-refractivity contribution is 0.795. The quantitative estimate of drug-likeness (QED) is 0.170. The van der Waals surface area contributed by atoms with Gasteiger partial charge in [-0.2, -0.15) is 0 Å². The van der Waals surface area contributed by atoms with Crippen molar-refractivity contribution in [2.24, 2.45) is 0 Å². The molecule has 0 saturated heterocycles. The number of hydrogen-bond acceptors (Lipinski definition) is 1. The second kappa shape index (κ2) is 10.8. The first-order chi connectivity index (χ1) is 25.6. The Morgan fingerprint density at radius 1 is 0.308 bits per heavy atom. The van der Waals surface area contributed by atoms with Crippen molar-refractivity contribution in [1.29, 1.82) is 0 Å². The minimum Gasteiger partial charge on any atom is -0.310 e. The average molecular weight is 662 g/mol. The molecule has 0 fully saturated rings. The molecule has 0 bridgehead atoms. The number of anilines is 3. The van der Waals surface area contributed by atoms with Crippen LogP contribution in [0, 0.1) is 13.8 Å². The van der Waals surface area contributed by atoms with Crippen molar-refractivity contribution in [3.8, 4) is 22.3 Å². The van der Waals surface area contributed by atoms with Gasteiger partial charge in [0.2, 0.25) is 0 Å². The molecule has 52 heavy (non-hydrogen) atoms. The molecular weight excluding hydrogens is 627 g/mol. The van der Waals surface area contributed by atoms with Crippen molar-refractivity contribution in [3.63, 3.8) is 0 Å². The minimum absolute atomic E-state index is 0.473. The Kier molecular flexibility index (Phi) is 6.08. The molecule has 0 heterocycles. The summed E-state index contributed by atoms with van der Waals surface area (Å²) in [7, 11) is 0. The van der Waals surface area contributed by atoms with Crippen LogP contribution in [0.3, 0.4) is 0 Å². The van der Waals surface area contributed by atoms with Crippen molar-refractivity contribution >= 4 is 49.4 Å². The molecule has 0 unspecified atom stereocenters. The van der Waals surface area contributed by atoms with E-state index in [0.717, 1.165) is 17.1 Å². The second-order valence-electron chi connectivity index (χ2n) is 14.6. The zero-order valence-electron chi connectivity index (χ0n) is 29.2. The van der Waals surface area contributed by atoms with Gasteiger partial charge in [-0.25, -0.2) is 0 Å². The summed E-state index contributed by atoms with van der Waals surface area (Å²) in [4.78, 5) is 2.43. The van der Waals surface area contributed by atoms with Crippen LogP contribution in [0.2, 0.25) is 0 Å². The minimum atomic E-state index is -0.473. The van der Waals surface area contributed by atoms with Crippen LogP contribution in [0.1, 0.15) is 33.4 Å². The summed E-state index contributed by atoms with van der Waals surface area (Å²) < 4.78 is 0. The van der Waals surface area contributed by atoms with Crippen LogP contribution in [0.5, 0.6) is 0 Å². The zero-order chi connectivity index (χ0) is 34.6. The number of hydrogen-bond donors (Lipinski definition) is 0. The van der Waals surface area contributed by atoms with Gasteiger partial charge in [0.1, 0.15) is 0 Å². The summed E-state index contributed by atoms with van der Waals surface area (Å²) >= 11 is 0. The van der Waals surface area contributed by atoms with Crippen molar-refractivity contribution in [3.05, 3.63) is 209 Å². The van der Waals surface area contributed by atoms with E-state index < -0.39 is 5.41 Å². The van der Waals surface area contributed by atoms with Crippen LogP contribution in [0.4, 0.5) is 17.1 Å². The van der Waals surface area contributed by atoms with E-state index in [1.807, 2.05) is 0 Å². The molecular formula is C51H35N. The first kappa shape index (κ1) is 29.3. The first-order valence-electron chi connectivity index (χ1n) is 18.3. The van der Waals surface area contributed by atoms with Crippen LogP contribution in [0.15, 0.2) is 176 Å². The van der Waals surface area contributed by atoms with Gasteiger partial charge in [0.15, 0.2) is 0 Å². The Bertz CT molecular complexity index is 2860. The maximum atomic E-state index is 2.55. The third-order valence-electron chi connectivity index (χ3n) is 11.7. The summed E-state index contributed by atoms with van der Waals surface area (Å²) in [6.45, 7) is 4.35. The summed E-state index contributed by atoms with van der Waals surface area (Å²) in [6, 6.07) is 66.1. The van der Waals surface area contributed by atoms with Gasteiger partial charge < -0.3 is 4.90 Å². The molecule has 0 aliphatic heterocycles. The van der Waals surface area contributed by atoms with Gasteiger partial charge in [-0.1, -0.05) is 127 Å². The molecule has 0 saturated carbocycles. The Balaban J connectivity index is 1.28. The summed E-state index contributed by atoms with van der Waals surface area (Å²) in [5.41, 5.74) is 16.2. The van der Waals surface area contributed by atoms with E-state index in [0.29, 0.717) is 0 Å². The highest BCUT2D eigenvalue weighted by molar-refractivity contribution is 6.26. The van der Waals surface area contributed by atoms with Crippen molar-refractivity contribution < 1.29 is 0 Å². The van der Waals surface area contributed by atoms with E-state index in [1.54, 1.807) is 0 Å². The standard InChI is InChI=1S/C51H35N/c1-32-13-11-15-34(27-32)52(35-16-12-14-33(2)28-35)36-25-26-43-46-30-44-39-19-5-3-17-37(39)38-18-4-6-20-40(38)45(44)31-50(46)51(49(43)29-36)47-23-9-7-21-41(47)42-22-8-10-24-48(42)51/h3-31H,1-2H3. The van der Waals surface area contributed by atoms with Gasteiger partial charge >= 0.3 is 0 Å². The molecule has 2 aliphatic rings. The predicted octanol–water partition coefficient (Wildman–Crippen LogP) is 13.6. The van der Waals surface area contributed by atoms with Gasteiger partial charge in [-0.05, 0) is 150 Å². The topological polar surface area (TPSA) is 3.24 Å². The molecule has 9 aromatic rings. The Morgan fingerprint density at radius 2 is 0.750 bits per heavy atom. The van der Waals surface area contributed by atoms with Gasteiger partial charge in [-0.15, -0.1) is 0 Å². The van der Waals surface area contributed by atoms with Crippen LogP contribution < -0.4 is 4.90 Å². The Morgan fingerprint density at radius 3 is 1.31 bits per heavy atom. The molecule has 9 aromatic carbocycles. The number of rotatable bonds is 3. The zero-order valence-corrected chi connectivity index (χ0v) is 29.2. The maximum absolute atomic E-state index is 2.55. The highest BCUT2D eigenvalue weighted by atomic mass is 15.1. The van der Waals surface area contributed by atoms with Crippen molar-refractivity contribution in [2.75, 3.05) is 4.90 Å². The number of nitrogens with zero attached hydrogens (tertiary/aromatic N) is 1. The fraction of sp³-hybridized carbons (Fsp3) is 0.0588. The lowest BCUT2D eigenvalue weighted by Gasteiger charge is -2.32. The van der Waals surface area contributed by atoms with Gasteiger partial charge in [0.25, 0.3) is 0 Å². The summed E-state index contributed by atoms with van der Waals surface area (Å²) in [5, 5.41) is 7.82. The molecule has 1 spiro atoms. The normalized spacial score (nSPS) is 13.3. The van der Waals surface area contributed by atoms with Gasteiger partial charge in [0, 0.05) is 17.1 Å². The highest BCUT2D eigenvalue weighted by Gasteiger charge is 2.52. The van der Waals surface area contributed by atoms with Gasteiger partial charge in [-0.3, -0.25) is 0 Å². The Hall–Kier alpha value is -6.44. The number of fused-ring (bicyclic) bond motifs is 16. The molecule has 2 aliphatic carbocycles. The lowest BCUT2D eigenvalue weighted by atomic mass is 9.70. The average Bonchev–Trinajstić information content (AvgIpc) is 3.64. The summed E-state index contributed by atoms with van der Waals surface area (Å²) in [6.07, 6.45) is 0. The third-order valence-corrected chi connectivity index (χ3v) is 11.7. The molecule has 0 N–H and O–H groups in total. The maximum Gasteiger partial charge on any atom is 0.0726 e. The van der Waals surface area contributed by atoms with E-state index in [9.17, 15) is 0 Å². The van der Waals surface area contributed by atoms with E-state index in [2.05, 4.69) is 195 Å². The van der Waals surface area contributed by atoms with Crippen molar-refractivity contribution in [2.45, 2.75) is 19.3 Å². The molecule has 0 amide bonds. The van der Waals surface area contributed by atoms with E-state index in [4.69, 9.17) is 0 Å². The van der Waals surface area contributed by atoms with E-state index in [1.165, 1.54) is 88.0 Å². The molecule has 0 atom stereocenters. The molecule has 11 rings (SSSR count). The largest absolute Gasteiger partial charge is 0.310 e. The smallest absolute Gasteiger partial charge is 0.0726 e. The number of aryl methyl sites for hydroxylation is 2. The van der Waals surface area contributed by atoms with Crippen LogP contribution in [-0.4, -0.2) is 0 Å². The molecule has 1 heteroatoms. The van der Waals surface area contributed by atoms with Gasteiger partial charge in [0.05, 0.1) is 5.41 Å². The highest BCUT2D eigenvalue weighted by Crippen LogP contribution is 2.64. The van der Waals surface area contributed by atoms with Crippen molar-refractivity contribution in [1.82, 2.24) is 0 Å². The molecule has 244 valence electrons. The fourth-order valence-corrected chi connectivity index (χ4v) is 9.64. The first-order valence-corrected chi connectivity index (χ1v) is 18.3. The van der Waals surface area contributed by atoms with Crippen LogP contribution >= 0.6 is 0 Å². The van der Waals surface area contributed by atoms with E-state index >= 15 is 0 Å². The predicted molar refractivity (Wildman–Crippen MR) is 219 cm³/mol. The SMILES string of the molecule is Cc1cccc(N(c2cccc(C)c2)c2ccc3c(c2)C2(c4ccccc4-c4ccccc42)c2cc4c5ccccc5c5ccccc5c4cc2-3)c1. The van der Waals surface area contributed by atoms with Crippen LogP contribution in [0.25, 0.3) is 54.6 Å². The van der Waals surface area contributed by atoms with Crippen LogP contribution in [-0.2, 0) is 5.41 Å². The second-order valence-corrected chi connectivity index (χ2v) is 14.6. The molecule has 0 radical (unpaired) electrons. The monoisotopic (exact) mass is 661 g/mol. The number of benzene rings is 9. The van der Waals surface area contributed by atoms with E-state index in [-0.39, 0.29) is 0 Å². The third kappa shape index (κ3) is 3.88. The lowest BCUT2D eigenvalue weighted by Crippen LogP contribution is -2.26. The summed E-state index contributed by atoms with van der Waals surface area (Å²) in [5.74, 6) is 0.